The van der Waals surface area contributed by atoms with Crippen molar-refractivity contribution in [3.63, 3.8) is 0 Å². The summed E-state index contributed by atoms with van der Waals surface area (Å²) in [7, 11) is 3.17. The third-order valence-corrected chi connectivity index (χ3v) is 4.09. The Morgan fingerprint density at radius 3 is 2.64 bits per heavy atom. The van der Waals surface area contributed by atoms with Crippen LogP contribution in [0, 0.1) is 4.77 Å². The van der Waals surface area contributed by atoms with E-state index in [0.29, 0.717) is 27.1 Å². The van der Waals surface area contributed by atoms with Gasteiger partial charge in [-0.15, -0.1) is 0 Å². The Balaban J connectivity index is 1.99. The van der Waals surface area contributed by atoms with Gasteiger partial charge in [0.05, 0.1) is 25.5 Å². The van der Waals surface area contributed by atoms with E-state index in [1.165, 1.54) is 4.68 Å². The van der Waals surface area contributed by atoms with Gasteiger partial charge in [-0.05, 0) is 48.1 Å². The number of methoxy groups -OCH3 is 2. The van der Waals surface area contributed by atoms with E-state index < -0.39 is 0 Å². The second kappa shape index (κ2) is 7.50. The first-order chi connectivity index (χ1) is 12.1. The molecule has 8 heteroatoms. The Labute approximate surface area is 154 Å². The van der Waals surface area contributed by atoms with Crippen molar-refractivity contribution in [3.05, 3.63) is 57.8 Å². The fraction of sp³-hybridized carbons (Fsp3) is 0.118. The fourth-order valence-corrected chi connectivity index (χ4v) is 2.67. The van der Waals surface area contributed by atoms with Crippen molar-refractivity contribution in [1.82, 2.24) is 14.9 Å². The quantitative estimate of drug-likeness (QED) is 0.538. The van der Waals surface area contributed by atoms with Crippen LogP contribution in [0.25, 0.3) is 11.4 Å². The van der Waals surface area contributed by atoms with Crippen molar-refractivity contribution in [1.29, 1.82) is 0 Å². The number of H-pyrrole nitrogens is 1. The molecule has 1 aromatic heterocycles. The van der Waals surface area contributed by atoms with Crippen molar-refractivity contribution in [3.8, 4) is 22.9 Å². The zero-order valence-corrected chi connectivity index (χ0v) is 15.1. The number of halogens is 1. The lowest BCUT2D eigenvalue weighted by molar-refractivity contribution is 0.355. The molecule has 1 heterocycles. The number of hydrogen-bond acceptors (Lipinski definition) is 5. The van der Waals surface area contributed by atoms with Gasteiger partial charge in [0.15, 0.2) is 17.3 Å². The van der Waals surface area contributed by atoms with E-state index in [9.17, 15) is 0 Å². The molecule has 25 heavy (non-hydrogen) atoms. The summed E-state index contributed by atoms with van der Waals surface area (Å²) in [4.78, 5) is 0. The average molecular weight is 375 g/mol. The van der Waals surface area contributed by atoms with Gasteiger partial charge >= 0.3 is 0 Å². The maximum Gasteiger partial charge on any atom is 0.216 e. The lowest BCUT2D eigenvalue weighted by atomic mass is 10.2. The Morgan fingerprint density at radius 2 is 1.92 bits per heavy atom. The van der Waals surface area contributed by atoms with Gasteiger partial charge in [0.25, 0.3) is 0 Å². The highest BCUT2D eigenvalue weighted by atomic mass is 35.5. The highest BCUT2D eigenvalue weighted by Gasteiger charge is 2.11. The number of benzene rings is 2. The van der Waals surface area contributed by atoms with Crippen molar-refractivity contribution in [2.24, 2.45) is 5.10 Å². The van der Waals surface area contributed by atoms with E-state index >= 15 is 0 Å². The third-order valence-electron chi connectivity index (χ3n) is 3.50. The smallest absolute Gasteiger partial charge is 0.216 e. The topological polar surface area (TPSA) is 64.4 Å². The largest absolute Gasteiger partial charge is 0.493 e. The molecule has 3 aromatic rings. The van der Waals surface area contributed by atoms with Gasteiger partial charge in [0.1, 0.15) is 0 Å². The van der Waals surface area contributed by atoms with Crippen LogP contribution in [0.1, 0.15) is 5.56 Å². The number of nitrogens with one attached hydrogen (secondary N) is 1. The molecule has 3 rings (SSSR count). The van der Waals surface area contributed by atoms with Crippen molar-refractivity contribution in [2.45, 2.75) is 0 Å². The molecule has 0 amide bonds. The van der Waals surface area contributed by atoms with E-state index in [2.05, 4.69) is 15.3 Å². The maximum absolute atomic E-state index is 6.25. The summed E-state index contributed by atoms with van der Waals surface area (Å²) in [6.45, 7) is 0. The summed E-state index contributed by atoms with van der Waals surface area (Å²) >= 11 is 11.5. The number of hydrogen-bond donors (Lipinski definition) is 1. The molecule has 0 radical (unpaired) electrons. The maximum atomic E-state index is 6.25. The summed E-state index contributed by atoms with van der Waals surface area (Å²) < 4.78 is 12.4. The van der Waals surface area contributed by atoms with E-state index in [4.69, 9.17) is 33.3 Å². The van der Waals surface area contributed by atoms with Crippen LogP contribution in [0.2, 0.25) is 5.02 Å². The minimum absolute atomic E-state index is 0.367. The first kappa shape index (κ1) is 17.2. The molecule has 128 valence electrons. The second-order valence-electron chi connectivity index (χ2n) is 5.00. The van der Waals surface area contributed by atoms with Gasteiger partial charge in [-0.25, -0.2) is 5.10 Å². The molecule has 2 aromatic carbocycles. The second-order valence-corrected chi connectivity index (χ2v) is 5.80. The molecule has 0 fully saturated rings. The zero-order valence-electron chi connectivity index (χ0n) is 13.6. The molecular formula is C17H15ClN4O2S. The van der Waals surface area contributed by atoms with Gasteiger partial charge in [-0.2, -0.15) is 14.9 Å². The SMILES string of the molecule is COc1ccc(/C=N\n2c(-c3ccccc3Cl)n[nH]c2=S)cc1OC. The van der Waals surface area contributed by atoms with Crippen LogP contribution >= 0.6 is 23.8 Å². The predicted octanol–water partition coefficient (Wildman–Crippen LogP) is 4.16. The van der Waals surface area contributed by atoms with Crippen LogP contribution in [0.5, 0.6) is 11.5 Å². The van der Waals surface area contributed by atoms with Crippen molar-refractivity contribution < 1.29 is 9.47 Å². The Hall–Kier alpha value is -2.64. The molecule has 0 aliphatic heterocycles. The number of nitrogens with zero attached hydrogens (tertiary/aromatic N) is 3. The Kier molecular flexibility index (Phi) is 5.16. The van der Waals surface area contributed by atoms with E-state index in [1.54, 1.807) is 26.5 Å². The molecule has 0 aliphatic rings. The van der Waals surface area contributed by atoms with Crippen LogP contribution in [-0.2, 0) is 0 Å². The molecule has 1 N–H and O–H groups in total. The third kappa shape index (κ3) is 3.57. The van der Waals surface area contributed by atoms with E-state index in [0.717, 1.165) is 11.1 Å². The number of ether oxygens (including phenoxy) is 2. The molecule has 0 saturated carbocycles. The van der Waals surface area contributed by atoms with Crippen molar-refractivity contribution >= 4 is 30.0 Å². The molecule has 6 nitrogen and oxygen atoms in total. The minimum atomic E-state index is 0.367. The molecule has 0 spiro atoms. The molecule has 0 saturated heterocycles. The number of aromatic nitrogens is 3. The first-order valence-electron chi connectivity index (χ1n) is 7.32. The van der Waals surface area contributed by atoms with Crippen LogP contribution in [0.4, 0.5) is 0 Å². The van der Waals surface area contributed by atoms with Gasteiger partial charge in [0.2, 0.25) is 4.77 Å². The molecule has 0 bridgehead atoms. The minimum Gasteiger partial charge on any atom is -0.493 e. The standard InChI is InChI=1S/C17H15ClN4O2S/c1-23-14-8-7-11(9-15(14)24-2)10-19-22-16(20-21-17(22)25)12-5-3-4-6-13(12)18/h3-10H,1-2H3,(H,21,25)/b19-10-. The summed E-state index contributed by atoms with van der Waals surface area (Å²) in [6.07, 6.45) is 1.66. The summed E-state index contributed by atoms with van der Waals surface area (Å²) in [5, 5.41) is 12.0. The lowest BCUT2D eigenvalue weighted by Crippen LogP contribution is -1.96. The monoisotopic (exact) mass is 374 g/mol. The van der Waals surface area contributed by atoms with E-state index in [1.807, 2.05) is 36.4 Å². The summed E-state index contributed by atoms with van der Waals surface area (Å²) in [5.74, 6) is 1.80. The van der Waals surface area contributed by atoms with Gasteiger partial charge < -0.3 is 9.47 Å². The first-order valence-corrected chi connectivity index (χ1v) is 8.11. The average Bonchev–Trinajstić information content (AvgIpc) is 3.00. The summed E-state index contributed by atoms with van der Waals surface area (Å²) in [6, 6.07) is 12.9. The van der Waals surface area contributed by atoms with Crippen LogP contribution in [-0.4, -0.2) is 35.3 Å². The van der Waals surface area contributed by atoms with Gasteiger partial charge in [0, 0.05) is 5.56 Å². The highest BCUT2D eigenvalue weighted by molar-refractivity contribution is 7.71. The Bertz CT molecular complexity index is 981. The normalized spacial score (nSPS) is 11.0. The van der Waals surface area contributed by atoms with Gasteiger partial charge in [-0.1, -0.05) is 23.7 Å². The molecule has 0 unspecified atom stereocenters. The van der Waals surface area contributed by atoms with Crippen LogP contribution in [0.3, 0.4) is 0 Å². The highest BCUT2D eigenvalue weighted by Crippen LogP contribution is 2.28. The fourth-order valence-electron chi connectivity index (χ4n) is 2.27. The van der Waals surface area contributed by atoms with Crippen molar-refractivity contribution in [2.75, 3.05) is 14.2 Å². The molecule has 0 aliphatic carbocycles. The molecular weight excluding hydrogens is 360 g/mol. The van der Waals surface area contributed by atoms with E-state index in [-0.39, 0.29) is 0 Å². The van der Waals surface area contributed by atoms with Gasteiger partial charge in [-0.3, -0.25) is 0 Å². The zero-order chi connectivity index (χ0) is 17.8. The number of rotatable bonds is 5. The number of aromatic amines is 1. The molecule has 0 atom stereocenters. The summed E-state index contributed by atoms with van der Waals surface area (Å²) in [5.41, 5.74) is 1.56. The van der Waals surface area contributed by atoms with Crippen LogP contribution < -0.4 is 9.47 Å². The predicted molar refractivity (Wildman–Crippen MR) is 100 cm³/mol. The Morgan fingerprint density at radius 1 is 1.16 bits per heavy atom. The lowest BCUT2D eigenvalue weighted by Gasteiger charge is -2.07. The van der Waals surface area contributed by atoms with Crippen LogP contribution in [0.15, 0.2) is 47.6 Å².